The van der Waals surface area contributed by atoms with Crippen LogP contribution in [0, 0.1) is 6.92 Å². The third-order valence-electron chi connectivity index (χ3n) is 1.56. The number of halogens is 1. The van der Waals surface area contributed by atoms with Gasteiger partial charge in [-0.1, -0.05) is 0 Å². The Balaban J connectivity index is 2.81. The molecule has 0 aliphatic carbocycles. The Bertz CT molecular complexity index is 210. The van der Waals surface area contributed by atoms with E-state index in [2.05, 4.69) is 43.5 Å². The molecule has 0 aromatic heterocycles. The van der Waals surface area contributed by atoms with Crippen LogP contribution in [-0.4, -0.2) is 20.6 Å². The number of benzene rings is 1. The van der Waals surface area contributed by atoms with Gasteiger partial charge in [-0.2, -0.15) is 0 Å². The summed E-state index contributed by atoms with van der Waals surface area (Å²) in [5.41, 5.74) is 2.97. The molecule has 0 atom stereocenters. The van der Waals surface area contributed by atoms with Crippen LogP contribution in [0.4, 0.5) is 0 Å². The summed E-state index contributed by atoms with van der Waals surface area (Å²) in [5, 5.41) is 0. The number of rotatable bonds is 2. The summed E-state index contributed by atoms with van der Waals surface area (Å²) >= 11 is 3.23. The zero-order valence-electron chi connectivity index (χ0n) is 5.97. The minimum absolute atomic E-state index is 0.378. The average Bonchev–Trinajstić information content (AvgIpc) is 1.94. The Morgan fingerprint density at radius 2 is 2.10 bits per heavy atom. The molecule has 0 heterocycles. The molecule has 1 aromatic carbocycles. The molecule has 0 aliphatic rings. The van der Waals surface area contributed by atoms with E-state index in [4.69, 9.17) is 0 Å². The van der Waals surface area contributed by atoms with E-state index in [1.54, 1.807) is 0 Å². The number of aryl methyl sites for hydroxylation is 1. The first kappa shape index (κ1) is 8.66. The molecule has 0 spiro atoms. The van der Waals surface area contributed by atoms with Crippen LogP contribution in [-0.2, 0) is 4.18 Å². The van der Waals surface area contributed by atoms with Gasteiger partial charge in [0.25, 0.3) is 0 Å². The van der Waals surface area contributed by atoms with Crippen molar-refractivity contribution in [3.8, 4) is 0 Å². The zero-order chi connectivity index (χ0) is 7.40. The Labute approximate surface area is 78.9 Å². The van der Waals surface area contributed by atoms with E-state index in [0.717, 1.165) is 0 Å². The molecule has 0 saturated heterocycles. The molecule has 1 radical (unpaired) electrons. The summed E-state index contributed by atoms with van der Waals surface area (Å²) in [4.78, 5) is 0. The average molecular weight is 300 g/mol. The summed E-state index contributed by atoms with van der Waals surface area (Å²) in [7, 11) is 0. The van der Waals surface area contributed by atoms with Crippen molar-refractivity contribution in [2.24, 2.45) is 0 Å². The minimum atomic E-state index is -0.378. The van der Waals surface area contributed by atoms with Crippen LogP contribution in [0.5, 0.6) is 0 Å². The van der Waals surface area contributed by atoms with Gasteiger partial charge in [0, 0.05) is 0 Å². The van der Waals surface area contributed by atoms with Gasteiger partial charge in [-0.05, 0) is 0 Å². The van der Waals surface area contributed by atoms with Gasteiger partial charge in [-0.3, -0.25) is 0 Å². The third-order valence-corrected chi connectivity index (χ3v) is 5.43. The fourth-order valence-electron chi connectivity index (χ4n) is 0.922. The van der Waals surface area contributed by atoms with Crippen molar-refractivity contribution in [3.05, 3.63) is 35.4 Å². The molecule has 0 fully saturated rings. The van der Waals surface area contributed by atoms with Crippen molar-refractivity contribution in [2.75, 3.05) is 0 Å². The van der Waals surface area contributed by atoms with E-state index in [0.29, 0.717) is 0 Å². The number of hydrogen-bond donors (Lipinski definition) is 0. The molecule has 0 nitrogen and oxygen atoms in total. The Hall–Kier alpha value is 0.570. The molecular weight excluding hydrogens is 291 g/mol. The molecule has 1 rings (SSSR count). The Morgan fingerprint density at radius 3 is 2.70 bits per heavy atom. The van der Waals surface area contributed by atoms with E-state index in [1.165, 1.54) is 15.3 Å². The molecule has 1 aromatic rings. The van der Waals surface area contributed by atoms with Crippen molar-refractivity contribution in [3.63, 3.8) is 0 Å². The molecule has 0 saturated carbocycles. The predicted molar refractivity (Wildman–Crippen MR) is 49.6 cm³/mol. The second-order valence-corrected chi connectivity index (χ2v) is 8.67. The van der Waals surface area contributed by atoms with Gasteiger partial charge in [-0.15, -0.1) is 0 Å². The second kappa shape index (κ2) is 4.45. The molecule has 0 aliphatic heterocycles. The van der Waals surface area contributed by atoms with E-state index in [1.807, 2.05) is 0 Å². The quantitative estimate of drug-likeness (QED) is 0.787. The molecule has 0 amide bonds. The van der Waals surface area contributed by atoms with Crippen LogP contribution >= 0.6 is 12.3 Å². The van der Waals surface area contributed by atoms with Crippen LogP contribution in [0.3, 0.4) is 0 Å². The number of hydrogen-bond acceptors (Lipinski definition) is 0. The maximum atomic E-state index is 3.61. The molecule has 10 heavy (non-hydrogen) atoms. The first-order valence-corrected chi connectivity index (χ1v) is 13.0. The summed E-state index contributed by atoms with van der Waals surface area (Å²) in [5.74, 6) is 0. The fraction of sp³-hybridized carbons (Fsp3) is 0.250. The van der Waals surface area contributed by atoms with E-state index >= 15 is 0 Å². The van der Waals surface area contributed by atoms with E-state index in [-0.39, 0.29) is 20.6 Å². The molecule has 0 N–H and O–H groups in total. The van der Waals surface area contributed by atoms with E-state index in [9.17, 15) is 0 Å². The van der Waals surface area contributed by atoms with Gasteiger partial charge in [0.15, 0.2) is 0 Å². The van der Waals surface area contributed by atoms with Gasteiger partial charge in [0.05, 0.1) is 0 Å². The van der Waals surface area contributed by atoms with Gasteiger partial charge < -0.3 is 0 Å². The van der Waals surface area contributed by atoms with Gasteiger partial charge in [-0.25, -0.2) is 0 Å². The molecular formula is C8H9BrIn. The van der Waals surface area contributed by atoms with Crippen LogP contribution in [0.1, 0.15) is 11.1 Å². The fourth-order valence-corrected chi connectivity index (χ4v) is 5.04. The summed E-state index contributed by atoms with van der Waals surface area (Å²) in [6, 6.07) is 8.62. The molecule has 51 valence electrons. The van der Waals surface area contributed by atoms with Crippen LogP contribution in [0.15, 0.2) is 24.3 Å². The molecule has 0 unspecified atom stereocenters. The van der Waals surface area contributed by atoms with Gasteiger partial charge in [0.1, 0.15) is 0 Å². The molecule has 2 heteroatoms. The standard InChI is InChI=1S/C8H9.BrH.In/c1-7-5-3-4-6-8(7)2;;/h3-6H,1H2,2H3;1H;/q;;+1/p-1. The van der Waals surface area contributed by atoms with Crippen LogP contribution < -0.4 is 0 Å². The van der Waals surface area contributed by atoms with Crippen LogP contribution in [0.25, 0.3) is 0 Å². The summed E-state index contributed by atoms with van der Waals surface area (Å²) < 4.78 is 1.32. The predicted octanol–water partition coefficient (Wildman–Crippen LogP) is 2.51. The SMILES string of the molecule is Cc1ccccc1[CH2][In][Br]. The zero-order valence-corrected chi connectivity index (χ0v) is 10.9. The maximum absolute atomic E-state index is 3.61. The normalized spacial score (nSPS) is 9.40. The third kappa shape index (κ3) is 2.31. The summed E-state index contributed by atoms with van der Waals surface area (Å²) in [6.45, 7) is 2.18. The van der Waals surface area contributed by atoms with Crippen molar-refractivity contribution in [2.45, 2.75) is 11.1 Å². The van der Waals surface area contributed by atoms with Crippen molar-refractivity contribution in [1.82, 2.24) is 0 Å². The van der Waals surface area contributed by atoms with Crippen molar-refractivity contribution in [1.29, 1.82) is 0 Å². The molecule has 0 bridgehead atoms. The first-order chi connectivity index (χ1) is 4.84. The Morgan fingerprint density at radius 1 is 1.40 bits per heavy atom. The van der Waals surface area contributed by atoms with Crippen molar-refractivity contribution < 1.29 is 0 Å². The second-order valence-electron chi connectivity index (χ2n) is 2.28. The van der Waals surface area contributed by atoms with Gasteiger partial charge in [0.2, 0.25) is 0 Å². The van der Waals surface area contributed by atoms with Crippen LogP contribution in [0.2, 0.25) is 0 Å². The monoisotopic (exact) mass is 299 g/mol. The Kier molecular flexibility index (Phi) is 3.85. The summed E-state index contributed by atoms with van der Waals surface area (Å²) in [6.07, 6.45) is 0. The van der Waals surface area contributed by atoms with Crippen molar-refractivity contribution >= 4 is 32.9 Å². The van der Waals surface area contributed by atoms with Gasteiger partial charge >= 0.3 is 79.4 Å². The first-order valence-electron chi connectivity index (χ1n) is 3.31. The topological polar surface area (TPSA) is 0 Å². The van der Waals surface area contributed by atoms with E-state index < -0.39 is 0 Å².